The molecule has 1 atom stereocenters. The molecule has 0 spiro atoms. The molecule has 0 amide bonds. The van der Waals surface area contributed by atoms with Crippen LogP contribution in [0.5, 0.6) is 5.75 Å². The van der Waals surface area contributed by atoms with Crippen LogP contribution in [-0.4, -0.2) is 33.4 Å². The van der Waals surface area contributed by atoms with Crippen LogP contribution >= 0.6 is 0 Å². The summed E-state index contributed by atoms with van der Waals surface area (Å²) in [5.74, 6) is 1.45. The van der Waals surface area contributed by atoms with E-state index in [1.54, 1.807) is 12.1 Å². The molecule has 2 rings (SSSR count). The fourth-order valence-electron chi connectivity index (χ4n) is 2.49. The zero-order valence-electron chi connectivity index (χ0n) is 11.4. The van der Waals surface area contributed by atoms with Crippen molar-refractivity contribution in [3.8, 4) is 5.75 Å². The Labute approximate surface area is 121 Å². The standard InChI is InChI=1S/C15H20O4S/c16-15(17)13-6-3-7-14(10-13)19-8-9-20(18)11-12-4-1-2-5-12/h3,6-7,10,12H,1-2,4-5,8-9,11H2,(H,16,17). The zero-order valence-corrected chi connectivity index (χ0v) is 12.2. The normalized spacial score (nSPS) is 17.0. The number of aromatic carboxylic acids is 1. The molecule has 0 saturated heterocycles. The number of hydrogen-bond acceptors (Lipinski definition) is 3. The molecule has 5 heteroatoms. The molecule has 1 aromatic rings. The highest BCUT2D eigenvalue weighted by molar-refractivity contribution is 7.85. The Bertz CT molecular complexity index is 481. The summed E-state index contributed by atoms with van der Waals surface area (Å²) in [7, 11) is -0.839. The number of carboxylic acids is 1. The van der Waals surface area contributed by atoms with Gasteiger partial charge in [-0.3, -0.25) is 4.21 Å². The van der Waals surface area contributed by atoms with Crippen molar-refractivity contribution in [2.75, 3.05) is 18.1 Å². The molecule has 1 saturated carbocycles. The Kier molecular flexibility index (Phi) is 5.59. The minimum atomic E-state index is -0.972. The van der Waals surface area contributed by atoms with Gasteiger partial charge in [0, 0.05) is 16.6 Å². The van der Waals surface area contributed by atoms with Gasteiger partial charge in [-0.05, 0) is 37.0 Å². The van der Waals surface area contributed by atoms with Crippen LogP contribution < -0.4 is 4.74 Å². The Morgan fingerprint density at radius 2 is 2.10 bits per heavy atom. The number of ether oxygens (including phenoxy) is 1. The molecule has 1 aliphatic carbocycles. The van der Waals surface area contributed by atoms with Crippen LogP contribution in [0, 0.1) is 5.92 Å². The second-order valence-corrected chi connectivity index (χ2v) is 6.76. The molecule has 20 heavy (non-hydrogen) atoms. The van der Waals surface area contributed by atoms with E-state index in [1.165, 1.54) is 37.8 Å². The second kappa shape index (κ2) is 7.43. The number of hydrogen-bond donors (Lipinski definition) is 1. The van der Waals surface area contributed by atoms with Crippen LogP contribution in [0.2, 0.25) is 0 Å². The molecule has 1 unspecified atom stereocenters. The molecule has 0 radical (unpaired) electrons. The SMILES string of the molecule is O=C(O)c1cccc(OCCS(=O)CC2CCCC2)c1. The summed E-state index contributed by atoms with van der Waals surface area (Å²) in [5.41, 5.74) is 0.203. The molecule has 0 aromatic heterocycles. The van der Waals surface area contributed by atoms with Gasteiger partial charge in [0.05, 0.1) is 17.9 Å². The molecular formula is C15H20O4S. The van der Waals surface area contributed by atoms with Gasteiger partial charge < -0.3 is 9.84 Å². The number of carbonyl (C=O) groups is 1. The first-order chi connectivity index (χ1) is 9.65. The molecule has 0 heterocycles. The van der Waals surface area contributed by atoms with E-state index in [0.717, 1.165) is 5.75 Å². The van der Waals surface area contributed by atoms with Crippen LogP contribution in [0.25, 0.3) is 0 Å². The lowest BCUT2D eigenvalue weighted by Gasteiger charge is -2.10. The summed E-state index contributed by atoms with van der Waals surface area (Å²) in [5, 5.41) is 8.88. The second-order valence-electron chi connectivity index (χ2n) is 5.14. The lowest BCUT2D eigenvalue weighted by molar-refractivity contribution is 0.0696. The highest BCUT2D eigenvalue weighted by atomic mass is 32.2. The lowest BCUT2D eigenvalue weighted by Crippen LogP contribution is -2.15. The summed E-state index contributed by atoms with van der Waals surface area (Å²) in [6.07, 6.45) is 4.93. The van der Waals surface area contributed by atoms with Crippen molar-refractivity contribution in [3.05, 3.63) is 29.8 Å². The molecule has 0 bridgehead atoms. The van der Waals surface area contributed by atoms with Crippen LogP contribution in [0.15, 0.2) is 24.3 Å². The fraction of sp³-hybridized carbons (Fsp3) is 0.533. The lowest BCUT2D eigenvalue weighted by atomic mass is 10.1. The molecule has 1 aromatic carbocycles. The van der Waals surface area contributed by atoms with Crippen molar-refractivity contribution >= 4 is 16.8 Å². The van der Waals surface area contributed by atoms with Gasteiger partial charge in [0.15, 0.2) is 0 Å². The molecule has 1 fully saturated rings. The first-order valence-corrected chi connectivity index (χ1v) is 8.45. The van der Waals surface area contributed by atoms with Crippen LogP contribution in [0.4, 0.5) is 0 Å². The Morgan fingerprint density at radius 1 is 1.35 bits per heavy atom. The van der Waals surface area contributed by atoms with E-state index in [-0.39, 0.29) is 5.56 Å². The molecule has 4 nitrogen and oxygen atoms in total. The Balaban J connectivity index is 1.73. The van der Waals surface area contributed by atoms with Gasteiger partial charge in [-0.25, -0.2) is 4.79 Å². The van der Waals surface area contributed by atoms with E-state index in [2.05, 4.69) is 0 Å². The first kappa shape index (κ1) is 15.0. The van der Waals surface area contributed by atoms with E-state index in [4.69, 9.17) is 9.84 Å². The van der Waals surface area contributed by atoms with E-state index >= 15 is 0 Å². The topological polar surface area (TPSA) is 63.6 Å². The minimum absolute atomic E-state index is 0.203. The molecular weight excluding hydrogens is 276 g/mol. The largest absolute Gasteiger partial charge is 0.493 e. The van der Waals surface area contributed by atoms with Crippen LogP contribution in [-0.2, 0) is 10.8 Å². The van der Waals surface area contributed by atoms with Crippen molar-refractivity contribution in [1.29, 1.82) is 0 Å². The predicted octanol–water partition coefficient (Wildman–Crippen LogP) is 2.70. The van der Waals surface area contributed by atoms with Gasteiger partial charge in [-0.1, -0.05) is 18.9 Å². The van der Waals surface area contributed by atoms with Crippen molar-refractivity contribution in [2.45, 2.75) is 25.7 Å². The average molecular weight is 296 g/mol. The molecule has 110 valence electrons. The zero-order chi connectivity index (χ0) is 14.4. The van der Waals surface area contributed by atoms with E-state index in [1.807, 2.05) is 0 Å². The summed E-state index contributed by atoms with van der Waals surface area (Å²) in [6.45, 7) is 0.363. The van der Waals surface area contributed by atoms with Crippen LogP contribution in [0.1, 0.15) is 36.0 Å². The van der Waals surface area contributed by atoms with E-state index in [9.17, 15) is 9.00 Å². The van der Waals surface area contributed by atoms with Crippen molar-refractivity contribution in [2.24, 2.45) is 5.92 Å². The number of rotatable bonds is 7. The summed E-state index contributed by atoms with van der Waals surface area (Å²) in [4.78, 5) is 10.8. The molecule has 0 aliphatic heterocycles. The van der Waals surface area contributed by atoms with E-state index < -0.39 is 16.8 Å². The number of carboxylic acid groups (broad SMARTS) is 1. The smallest absolute Gasteiger partial charge is 0.335 e. The summed E-state index contributed by atoms with van der Waals surface area (Å²) >= 11 is 0. The summed E-state index contributed by atoms with van der Waals surface area (Å²) < 4.78 is 17.4. The third kappa shape index (κ3) is 4.63. The van der Waals surface area contributed by atoms with Crippen molar-refractivity contribution < 1.29 is 18.8 Å². The van der Waals surface area contributed by atoms with Gasteiger partial charge in [0.1, 0.15) is 5.75 Å². The maximum atomic E-state index is 11.9. The fourth-order valence-corrected chi connectivity index (χ4v) is 3.79. The first-order valence-electron chi connectivity index (χ1n) is 6.96. The van der Waals surface area contributed by atoms with E-state index in [0.29, 0.717) is 24.0 Å². The van der Waals surface area contributed by atoms with Crippen LogP contribution in [0.3, 0.4) is 0 Å². The van der Waals surface area contributed by atoms with Crippen molar-refractivity contribution in [1.82, 2.24) is 0 Å². The highest BCUT2D eigenvalue weighted by Gasteiger charge is 2.17. The quantitative estimate of drug-likeness (QED) is 0.840. The minimum Gasteiger partial charge on any atom is -0.493 e. The van der Waals surface area contributed by atoms with Crippen molar-refractivity contribution in [3.63, 3.8) is 0 Å². The predicted molar refractivity (Wildman–Crippen MR) is 78.7 cm³/mol. The monoisotopic (exact) mass is 296 g/mol. The Morgan fingerprint density at radius 3 is 2.80 bits per heavy atom. The summed E-state index contributed by atoms with van der Waals surface area (Å²) in [6, 6.07) is 6.37. The number of benzene rings is 1. The van der Waals surface area contributed by atoms with Gasteiger partial charge in [-0.2, -0.15) is 0 Å². The maximum Gasteiger partial charge on any atom is 0.335 e. The van der Waals surface area contributed by atoms with Gasteiger partial charge in [0.25, 0.3) is 0 Å². The van der Waals surface area contributed by atoms with Gasteiger partial charge in [0.2, 0.25) is 0 Å². The van der Waals surface area contributed by atoms with Gasteiger partial charge in [-0.15, -0.1) is 0 Å². The maximum absolute atomic E-state index is 11.9. The average Bonchev–Trinajstić information content (AvgIpc) is 2.92. The van der Waals surface area contributed by atoms with Gasteiger partial charge >= 0.3 is 5.97 Å². The molecule has 1 aliphatic rings. The Hall–Kier alpha value is -1.36. The third-order valence-corrected chi connectivity index (χ3v) is 5.02. The molecule has 1 N–H and O–H groups in total. The highest BCUT2D eigenvalue weighted by Crippen LogP contribution is 2.25. The third-order valence-electron chi connectivity index (χ3n) is 3.56.